The molecule has 1 heterocycles. The smallest absolute Gasteiger partial charge is 0.322 e. The van der Waals surface area contributed by atoms with E-state index in [-0.39, 0.29) is 16.1 Å². The van der Waals surface area contributed by atoms with Gasteiger partial charge >= 0.3 is 5.97 Å². The number of carbonyl (C=O) groups is 3. The van der Waals surface area contributed by atoms with Gasteiger partial charge in [-0.15, -0.1) is 0 Å². The number of amides is 2. The predicted octanol–water partition coefficient (Wildman–Crippen LogP) is 5.21. The Morgan fingerprint density at radius 3 is 2.56 bits per heavy atom. The van der Waals surface area contributed by atoms with E-state index >= 15 is 0 Å². The molecule has 0 spiro atoms. The molecule has 4 rings (SSSR count). The molecule has 3 aromatic rings. The molecule has 1 aliphatic rings. The van der Waals surface area contributed by atoms with E-state index in [4.69, 9.17) is 28.3 Å². The van der Waals surface area contributed by atoms with Crippen LogP contribution in [-0.4, -0.2) is 36.0 Å². The molecule has 34 heavy (non-hydrogen) atoms. The third-order valence-electron chi connectivity index (χ3n) is 5.56. The van der Waals surface area contributed by atoms with Crippen molar-refractivity contribution in [1.29, 1.82) is 0 Å². The maximum absolute atomic E-state index is 14.4. The Kier molecular flexibility index (Phi) is 6.86. The second kappa shape index (κ2) is 9.83. The highest BCUT2D eigenvalue weighted by atomic mass is 35.5. The molecule has 6 nitrogen and oxygen atoms in total. The predicted molar refractivity (Wildman–Crippen MR) is 128 cm³/mol. The number of hydrogen-bond acceptors (Lipinski definition) is 3. The van der Waals surface area contributed by atoms with Crippen LogP contribution in [0.1, 0.15) is 32.7 Å². The topological polar surface area (TPSA) is 86.7 Å². The second-order valence-electron chi connectivity index (χ2n) is 7.77. The molecule has 0 saturated carbocycles. The summed E-state index contributed by atoms with van der Waals surface area (Å²) in [5, 5.41) is 11.6. The number of aliphatic carboxylic acids is 1. The average Bonchev–Trinajstić information content (AvgIpc) is 2.81. The number of fused-ring (bicyclic) bond motifs is 1. The van der Waals surface area contributed by atoms with Crippen molar-refractivity contribution >= 4 is 46.7 Å². The van der Waals surface area contributed by atoms with Gasteiger partial charge in [0, 0.05) is 28.4 Å². The number of halogens is 3. The molecule has 0 saturated heterocycles. The van der Waals surface area contributed by atoms with Crippen molar-refractivity contribution in [3.63, 3.8) is 0 Å². The zero-order valence-electron chi connectivity index (χ0n) is 17.8. The quantitative estimate of drug-likeness (QED) is 0.503. The van der Waals surface area contributed by atoms with E-state index in [0.717, 1.165) is 11.1 Å². The molecule has 9 heteroatoms. The number of nitrogens with one attached hydrogen (secondary N) is 1. The van der Waals surface area contributed by atoms with Gasteiger partial charge in [0.1, 0.15) is 12.4 Å². The summed E-state index contributed by atoms with van der Waals surface area (Å²) in [5.41, 5.74) is 2.96. The zero-order valence-corrected chi connectivity index (χ0v) is 19.3. The fourth-order valence-electron chi connectivity index (χ4n) is 3.96. The number of nitrogens with zero attached hydrogens (tertiary/aromatic N) is 1. The molecule has 0 radical (unpaired) electrons. The van der Waals surface area contributed by atoms with Crippen molar-refractivity contribution in [3.8, 4) is 11.1 Å². The molecule has 0 aliphatic carbocycles. The SMILES string of the molecule is O=C(O)CNC(=O)c1ccc(Cl)c(-c2ccc3c(c2)CCCN3C(=O)c2c(F)cccc2Cl)c1. The van der Waals surface area contributed by atoms with E-state index in [1.807, 2.05) is 6.07 Å². The molecular weight excluding hydrogens is 482 g/mol. The summed E-state index contributed by atoms with van der Waals surface area (Å²) in [7, 11) is 0. The molecule has 0 bridgehead atoms. The molecule has 0 unspecified atom stereocenters. The number of rotatable bonds is 5. The molecular formula is C25H19Cl2FN2O4. The van der Waals surface area contributed by atoms with E-state index in [0.29, 0.717) is 35.7 Å². The van der Waals surface area contributed by atoms with Crippen molar-refractivity contribution in [2.45, 2.75) is 12.8 Å². The van der Waals surface area contributed by atoms with Crippen molar-refractivity contribution in [1.82, 2.24) is 5.32 Å². The summed E-state index contributed by atoms with van der Waals surface area (Å²) in [6.45, 7) is -0.0681. The normalized spacial score (nSPS) is 12.7. The number of carboxylic acids is 1. The van der Waals surface area contributed by atoms with E-state index in [9.17, 15) is 18.8 Å². The van der Waals surface area contributed by atoms with E-state index in [1.165, 1.54) is 29.2 Å². The fourth-order valence-corrected chi connectivity index (χ4v) is 4.43. The van der Waals surface area contributed by atoms with Crippen molar-refractivity contribution in [3.05, 3.63) is 87.2 Å². The highest BCUT2D eigenvalue weighted by Gasteiger charge is 2.27. The largest absolute Gasteiger partial charge is 0.480 e. The van der Waals surface area contributed by atoms with Gasteiger partial charge in [-0.25, -0.2) is 4.39 Å². The van der Waals surface area contributed by atoms with Crippen LogP contribution in [0.4, 0.5) is 10.1 Å². The molecule has 0 fully saturated rings. The van der Waals surface area contributed by atoms with Gasteiger partial charge in [-0.1, -0.05) is 35.3 Å². The van der Waals surface area contributed by atoms with E-state index in [1.54, 1.807) is 24.3 Å². The van der Waals surface area contributed by atoms with Gasteiger partial charge in [-0.3, -0.25) is 14.4 Å². The molecule has 0 atom stereocenters. The lowest BCUT2D eigenvalue weighted by molar-refractivity contribution is -0.135. The summed E-state index contributed by atoms with van der Waals surface area (Å²) in [6, 6.07) is 14.2. The Hall–Kier alpha value is -3.42. The molecule has 2 amide bonds. The minimum atomic E-state index is -1.15. The lowest BCUT2D eigenvalue weighted by Crippen LogP contribution is -2.36. The van der Waals surface area contributed by atoms with Gasteiger partial charge in [0.2, 0.25) is 0 Å². The zero-order chi connectivity index (χ0) is 24.4. The summed E-state index contributed by atoms with van der Waals surface area (Å²) in [6.07, 6.45) is 1.38. The first-order valence-corrected chi connectivity index (χ1v) is 11.2. The van der Waals surface area contributed by atoms with Gasteiger partial charge in [0.15, 0.2) is 0 Å². The first-order valence-electron chi connectivity index (χ1n) is 10.4. The summed E-state index contributed by atoms with van der Waals surface area (Å²) < 4.78 is 14.4. The molecule has 2 N–H and O–H groups in total. The highest BCUT2D eigenvalue weighted by molar-refractivity contribution is 6.34. The summed E-state index contributed by atoms with van der Waals surface area (Å²) in [5.74, 6) is -2.86. The van der Waals surface area contributed by atoms with E-state index < -0.39 is 30.1 Å². The Morgan fingerprint density at radius 2 is 1.82 bits per heavy atom. The number of hydrogen-bond donors (Lipinski definition) is 2. The third kappa shape index (κ3) is 4.76. The first-order chi connectivity index (χ1) is 16.3. The van der Waals surface area contributed by atoms with Gasteiger partial charge < -0.3 is 15.3 Å². The number of carboxylic acid groups (broad SMARTS) is 1. The van der Waals surface area contributed by atoms with Crippen LogP contribution in [0, 0.1) is 5.82 Å². The molecule has 1 aliphatic heterocycles. The average molecular weight is 501 g/mol. The Labute approximate surface area is 204 Å². The van der Waals surface area contributed by atoms with Crippen LogP contribution < -0.4 is 10.2 Å². The number of carbonyl (C=O) groups excluding carboxylic acids is 2. The fraction of sp³-hybridized carbons (Fsp3) is 0.160. The van der Waals surface area contributed by atoms with Crippen molar-refractivity contribution < 1.29 is 23.9 Å². The number of benzene rings is 3. The highest BCUT2D eigenvalue weighted by Crippen LogP contribution is 2.36. The first kappa shape index (κ1) is 23.7. The van der Waals surface area contributed by atoms with Gasteiger partial charge in [-0.2, -0.15) is 0 Å². The van der Waals surface area contributed by atoms with Gasteiger partial charge in [-0.05, 0) is 66.4 Å². The molecule has 0 aromatic heterocycles. The third-order valence-corrected chi connectivity index (χ3v) is 6.20. The minimum Gasteiger partial charge on any atom is -0.480 e. The van der Waals surface area contributed by atoms with Crippen molar-refractivity contribution in [2.75, 3.05) is 18.0 Å². The van der Waals surface area contributed by atoms with Crippen LogP contribution in [0.2, 0.25) is 10.0 Å². The maximum atomic E-state index is 14.4. The molecule has 3 aromatic carbocycles. The summed E-state index contributed by atoms with van der Waals surface area (Å²) >= 11 is 12.5. The monoisotopic (exact) mass is 500 g/mol. The standard InChI is InChI=1S/C25H19Cl2FN2O4/c26-18-8-6-16(24(33)29-13-22(31)32)12-17(18)14-7-9-21-15(11-14)3-2-10-30(21)25(34)23-19(27)4-1-5-20(23)28/h1,4-9,11-12H,2-3,10,13H2,(H,29,33)(H,31,32). The van der Waals surface area contributed by atoms with Crippen LogP contribution in [0.5, 0.6) is 0 Å². The van der Waals surface area contributed by atoms with Crippen LogP contribution in [0.3, 0.4) is 0 Å². The Bertz CT molecular complexity index is 1290. The van der Waals surface area contributed by atoms with Crippen LogP contribution in [0.15, 0.2) is 54.6 Å². The minimum absolute atomic E-state index is 0.0542. The number of anilines is 1. The Balaban J connectivity index is 1.67. The Morgan fingerprint density at radius 1 is 1.03 bits per heavy atom. The lowest BCUT2D eigenvalue weighted by atomic mass is 9.94. The van der Waals surface area contributed by atoms with Crippen molar-refractivity contribution in [2.24, 2.45) is 0 Å². The van der Waals surface area contributed by atoms with Crippen LogP contribution in [0.25, 0.3) is 11.1 Å². The maximum Gasteiger partial charge on any atom is 0.322 e. The lowest BCUT2D eigenvalue weighted by Gasteiger charge is -2.30. The second-order valence-corrected chi connectivity index (χ2v) is 8.59. The number of aryl methyl sites for hydroxylation is 1. The van der Waals surface area contributed by atoms with E-state index in [2.05, 4.69) is 5.32 Å². The summed E-state index contributed by atoms with van der Waals surface area (Å²) in [4.78, 5) is 37.7. The van der Waals surface area contributed by atoms with Crippen LogP contribution in [-0.2, 0) is 11.2 Å². The van der Waals surface area contributed by atoms with Gasteiger partial charge in [0.05, 0.1) is 10.6 Å². The molecule has 174 valence electrons. The van der Waals surface area contributed by atoms with Gasteiger partial charge in [0.25, 0.3) is 11.8 Å². The van der Waals surface area contributed by atoms with Crippen LogP contribution >= 0.6 is 23.2 Å².